The average molecular weight is 541 g/mol. The summed E-state index contributed by atoms with van der Waals surface area (Å²) in [6.07, 6.45) is 3.32. The lowest BCUT2D eigenvalue weighted by molar-refractivity contribution is 0.130. The number of hydrogen-bond donors (Lipinski definition) is 2. The van der Waals surface area contributed by atoms with E-state index in [1.165, 1.54) is 11.6 Å². The number of likely N-dealkylation sites (tertiary alicyclic amines) is 1. The second-order valence-corrected chi connectivity index (χ2v) is 10.5. The summed E-state index contributed by atoms with van der Waals surface area (Å²) in [4.78, 5) is 15.3. The normalized spacial score (nSPS) is 22.8. The molecule has 3 aromatic rings. The van der Waals surface area contributed by atoms with Crippen LogP contribution in [0.4, 0.5) is 19.3 Å². The molecule has 2 aliphatic rings. The van der Waals surface area contributed by atoms with E-state index in [1.807, 2.05) is 19.9 Å². The second kappa shape index (κ2) is 10.8. The van der Waals surface area contributed by atoms with Crippen molar-refractivity contribution in [2.24, 2.45) is 0 Å². The molecule has 39 heavy (non-hydrogen) atoms. The van der Waals surface area contributed by atoms with Gasteiger partial charge in [-0.15, -0.1) is 0 Å². The Balaban J connectivity index is 1.39. The highest BCUT2D eigenvalue weighted by molar-refractivity contribution is 5.89. The molecule has 1 aromatic heterocycles. The van der Waals surface area contributed by atoms with Crippen molar-refractivity contribution in [1.29, 1.82) is 0 Å². The van der Waals surface area contributed by atoms with Crippen LogP contribution in [0.5, 0.6) is 11.5 Å². The second-order valence-electron chi connectivity index (χ2n) is 10.5. The highest BCUT2D eigenvalue weighted by atomic mass is 19.2. The van der Waals surface area contributed by atoms with E-state index in [9.17, 15) is 13.6 Å². The predicted octanol–water partition coefficient (Wildman–Crippen LogP) is 5.47. The molecule has 2 amide bonds. The highest BCUT2D eigenvalue weighted by Gasteiger charge is 2.52. The SMILES string of the molecule is COc1ccc([C@@]23CC[C@@H](NC(=O)Nc4ccc(F)c(F)c4)C[C@@H]2N(Cc2c(C)noc2C)CC3)cc1OC. The molecule has 0 bridgehead atoms. The molecule has 3 atom stereocenters. The molecule has 2 heterocycles. The van der Waals surface area contributed by atoms with E-state index >= 15 is 0 Å². The number of nitrogens with one attached hydrogen (secondary N) is 2. The molecule has 8 nitrogen and oxygen atoms in total. The van der Waals surface area contributed by atoms with Crippen molar-refractivity contribution in [3.05, 3.63) is 70.6 Å². The first kappa shape index (κ1) is 26.9. The minimum atomic E-state index is -1.01. The monoisotopic (exact) mass is 540 g/mol. The molecular formula is C29H34F2N4O4. The number of carbonyl (C=O) groups is 1. The fourth-order valence-corrected chi connectivity index (χ4v) is 6.30. The van der Waals surface area contributed by atoms with E-state index in [0.717, 1.165) is 61.4 Å². The third-order valence-electron chi connectivity index (χ3n) is 8.38. The van der Waals surface area contributed by atoms with Crippen molar-refractivity contribution < 1.29 is 27.6 Å². The van der Waals surface area contributed by atoms with Crippen LogP contribution in [-0.2, 0) is 12.0 Å². The van der Waals surface area contributed by atoms with Gasteiger partial charge in [0.1, 0.15) is 5.76 Å². The number of methoxy groups -OCH3 is 2. The number of nitrogens with zero attached hydrogens (tertiary/aromatic N) is 2. The summed E-state index contributed by atoms with van der Waals surface area (Å²) in [5.74, 6) is 0.223. The Morgan fingerprint density at radius 1 is 1.10 bits per heavy atom. The fourth-order valence-electron chi connectivity index (χ4n) is 6.30. The number of hydrogen-bond acceptors (Lipinski definition) is 6. The molecule has 1 saturated heterocycles. The Bertz CT molecular complexity index is 1340. The lowest BCUT2D eigenvalue weighted by atomic mass is 9.65. The number of carbonyl (C=O) groups excluding carboxylic acids is 1. The maximum atomic E-state index is 13.6. The molecule has 0 radical (unpaired) electrons. The van der Waals surface area contributed by atoms with Crippen LogP contribution in [0.3, 0.4) is 0 Å². The number of rotatable bonds is 7. The number of urea groups is 1. The van der Waals surface area contributed by atoms with Crippen LogP contribution >= 0.6 is 0 Å². The Morgan fingerprint density at radius 3 is 2.59 bits per heavy atom. The fraction of sp³-hybridized carbons (Fsp3) is 0.448. The zero-order valence-electron chi connectivity index (χ0n) is 22.6. The van der Waals surface area contributed by atoms with Crippen molar-refractivity contribution >= 4 is 11.7 Å². The summed E-state index contributed by atoms with van der Waals surface area (Å²) >= 11 is 0. The number of aryl methyl sites for hydroxylation is 2. The Hall–Kier alpha value is -3.66. The highest BCUT2D eigenvalue weighted by Crippen LogP contribution is 2.51. The summed E-state index contributed by atoms with van der Waals surface area (Å²) in [5.41, 5.74) is 3.23. The van der Waals surface area contributed by atoms with Gasteiger partial charge in [0.15, 0.2) is 23.1 Å². The standard InChI is InChI=1S/C29H34F2N4O4/c1-17-22(18(2)39-34-17)16-35-12-11-29(19-5-8-25(37-3)26(13-19)38-4)10-9-21(15-27(29)35)33-28(36)32-20-6-7-23(30)24(31)14-20/h5-8,13-14,21,27H,9-12,15-16H2,1-4H3,(H2,32,33,36)/t21-,27+,29+/m1/s1. The molecule has 0 unspecified atom stereocenters. The minimum Gasteiger partial charge on any atom is -0.493 e. The number of anilines is 1. The van der Waals surface area contributed by atoms with Crippen LogP contribution in [0.15, 0.2) is 40.9 Å². The minimum absolute atomic E-state index is 0.0983. The topological polar surface area (TPSA) is 88.9 Å². The Kier molecular flexibility index (Phi) is 7.48. The van der Waals surface area contributed by atoms with Gasteiger partial charge in [-0.05, 0) is 75.9 Å². The van der Waals surface area contributed by atoms with Crippen LogP contribution < -0.4 is 20.1 Å². The smallest absolute Gasteiger partial charge is 0.319 e. The zero-order valence-corrected chi connectivity index (χ0v) is 22.6. The molecular weight excluding hydrogens is 506 g/mol. The van der Waals surface area contributed by atoms with Crippen LogP contribution in [0, 0.1) is 25.5 Å². The van der Waals surface area contributed by atoms with Gasteiger partial charge in [0, 0.05) is 41.4 Å². The zero-order chi connectivity index (χ0) is 27.7. The Labute approximate surface area is 226 Å². The van der Waals surface area contributed by atoms with E-state index in [2.05, 4.69) is 32.8 Å². The average Bonchev–Trinajstić information content (AvgIpc) is 3.45. The van der Waals surface area contributed by atoms with Gasteiger partial charge >= 0.3 is 6.03 Å². The maximum absolute atomic E-state index is 13.6. The van der Waals surface area contributed by atoms with Gasteiger partial charge in [-0.25, -0.2) is 13.6 Å². The predicted molar refractivity (Wildman–Crippen MR) is 142 cm³/mol. The van der Waals surface area contributed by atoms with E-state index < -0.39 is 17.7 Å². The number of fused-ring (bicyclic) bond motifs is 1. The summed E-state index contributed by atoms with van der Waals surface area (Å²) in [5, 5.41) is 9.82. The molecule has 2 aromatic carbocycles. The summed E-state index contributed by atoms with van der Waals surface area (Å²) in [6.45, 7) is 5.48. The van der Waals surface area contributed by atoms with Gasteiger partial charge in [0.25, 0.3) is 0 Å². The van der Waals surface area contributed by atoms with Crippen molar-refractivity contribution in [2.45, 2.75) is 63.6 Å². The molecule has 1 aliphatic heterocycles. The lowest BCUT2D eigenvalue weighted by Gasteiger charge is -2.45. The van der Waals surface area contributed by atoms with Gasteiger partial charge < -0.3 is 24.6 Å². The third-order valence-corrected chi connectivity index (χ3v) is 8.38. The molecule has 1 aliphatic carbocycles. The van der Waals surface area contributed by atoms with Gasteiger partial charge in [-0.3, -0.25) is 4.90 Å². The first-order chi connectivity index (χ1) is 18.7. The molecule has 0 spiro atoms. The quantitative estimate of drug-likeness (QED) is 0.413. The first-order valence-electron chi connectivity index (χ1n) is 13.1. The number of amides is 2. The largest absolute Gasteiger partial charge is 0.493 e. The van der Waals surface area contributed by atoms with E-state index in [-0.39, 0.29) is 23.2 Å². The number of ether oxygens (including phenoxy) is 2. The third kappa shape index (κ3) is 5.17. The van der Waals surface area contributed by atoms with E-state index in [1.54, 1.807) is 14.2 Å². The van der Waals surface area contributed by atoms with Crippen molar-refractivity contribution in [1.82, 2.24) is 15.4 Å². The lowest BCUT2D eigenvalue weighted by Crippen LogP contribution is -2.52. The van der Waals surface area contributed by atoms with Gasteiger partial charge in [0.2, 0.25) is 0 Å². The van der Waals surface area contributed by atoms with E-state index in [4.69, 9.17) is 14.0 Å². The van der Waals surface area contributed by atoms with Gasteiger partial charge in [-0.2, -0.15) is 0 Å². The van der Waals surface area contributed by atoms with Crippen LogP contribution in [0.1, 0.15) is 48.3 Å². The number of aromatic nitrogens is 1. The molecule has 10 heteroatoms. The number of halogens is 2. The maximum Gasteiger partial charge on any atom is 0.319 e. The summed E-state index contributed by atoms with van der Waals surface area (Å²) in [6, 6.07) is 9.05. The molecule has 2 N–H and O–H groups in total. The van der Waals surface area contributed by atoms with E-state index in [0.29, 0.717) is 18.0 Å². The van der Waals surface area contributed by atoms with Crippen molar-refractivity contribution in [3.8, 4) is 11.5 Å². The van der Waals surface area contributed by atoms with Crippen molar-refractivity contribution in [3.63, 3.8) is 0 Å². The summed E-state index contributed by atoms with van der Waals surface area (Å²) in [7, 11) is 3.27. The number of benzene rings is 2. The van der Waals surface area contributed by atoms with Gasteiger partial charge in [-0.1, -0.05) is 11.2 Å². The molecule has 1 saturated carbocycles. The van der Waals surface area contributed by atoms with Crippen LogP contribution in [0.25, 0.3) is 0 Å². The molecule has 2 fully saturated rings. The Morgan fingerprint density at radius 2 is 1.90 bits per heavy atom. The first-order valence-corrected chi connectivity index (χ1v) is 13.1. The van der Waals surface area contributed by atoms with Crippen molar-refractivity contribution in [2.75, 3.05) is 26.1 Å². The van der Waals surface area contributed by atoms with Gasteiger partial charge in [0.05, 0.1) is 19.9 Å². The molecule has 5 rings (SSSR count). The van der Waals surface area contributed by atoms with Crippen LogP contribution in [-0.4, -0.2) is 48.9 Å². The summed E-state index contributed by atoms with van der Waals surface area (Å²) < 4.78 is 43.4. The van der Waals surface area contributed by atoms with Crippen LogP contribution in [0.2, 0.25) is 0 Å². The molecule has 208 valence electrons.